The van der Waals surface area contributed by atoms with Gasteiger partial charge in [-0.05, 0) is 20.8 Å². The maximum absolute atomic E-state index is 10.5. The number of hydrogen-bond acceptors (Lipinski definition) is 3. The van der Waals surface area contributed by atoms with E-state index in [1.54, 1.807) is 20.8 Å². The quantitative estimate of drug-likeness (QED) is 0.442. The summed E-state index contributed by atoms with van der Waals surface area (Å²) in [5, 5.41) is 0. The van der Waals surface area contributed by atoms with Gasteiger partial charge in [-0.3, -0.25) is 0 Å². The molecule has 0 rings (SSSR count). The third-order valence-corrected chi connectivity index (χ3v) is 0.671. The third kappa shape index (κ3) is 5.69. The number of halogens is 1. The van der Waals surface area contributed by atoms with Gasteiger partial charge in [-0.1, -0.05) is 11.6 Å². The fourth-order valence-electron chi connectivity index (χ4n) is 0.324. The zero-order valence-electron chi connectivity index (χ0n) is 6.31. The zero-order valence-corrected chi connectivity index (χ0v) is 7.07. The molecular formula is C6H11ClO3. The summed E-state index contributed by atoms with van der Waals surface area (Å²) in [7, 11) is 0. The van der Waals surface area contributed by atoms with Gasteiger partial charge in [0.05, 0.1) is 0 Å². The second kappa shape index (κ2) is 3.66. The molecule has 0 aromatic heterocycles. The molecule has 0 aromatic carbocycles. The lowest BCUT2D eigenvalue weighted by atomic mass is 10.2. The molecule has 0 aromatic rings. The maximum Gasteiger partial charge on any atom is 0.510 e. The van der Waals surface area contributed by atoms with Crippen molar-refractivity contribution in [1.82, 2.24) is 0 Å². The molecular weight excluding hydrogens is 156 g/mol. The number of ether oxygens (including phenoxy) is 2. The lowest BCUT2D eigenvalue weighted by molar-refractivity contribution is 0.000330. The van der Waals surface area contributed by atoms with E-state index < -0.39 is 11.8 Å². The van der Waals surface area contributed by atoms with Gasteiger partial charge in [0.2, 0.25) is 0 Å². The second-order valence-corrected chi connectivity index (χ2v) is 2.94. The van der Waals surface area contributed by atoms with Gasteiger partial charge in [-0.25, -0.2) is 4.79 Å². The molecule has 0 saturated carbocycles. The fraction of sp³-hybridized carbons (Fsp3) is 0.833. The van der Waals surface area contributed by atoms with Crippen molar-refractivity contribution in [1.29, 1.82) is 0 Å². The van der Waals surface area contributed by atoms with Gasteiger partial charge in [0.25, 0.3) is 0 Å². The molecule has 0 fully saturated rings. The maximum atomic E-state index is 10.5. The SMILES string of the molecule is CC(C)(C)OC(=O)OCCl. The molecule has 0 radical (unpaired) electrons. The predicted molar refractivity (Wildman–Crippen MR) is 38.0 cm³/mol. The molecule has 0 aliphatic heterocycles. The van der Waals surface area contributed by atoms with Gasteiger partial charge in [-0.15, -0.1) is 0 Å². The Bertz CT molecular complexity index is 117. The lowest BCUT2D eigenvalue weighted by Crippen LogP contribution is -2.24. The predicted octanol–water partition coefficient (Wildman–Crippen LogP) is 2.13. The molecule has 0 saturated heterocycles. The Kier molecular flexibility index (Phi) is 3.50. The van der Waals surface area contributed by atoms with E-state index in [4.69, 9.17) is 16.3 Å². The molecule has 4 heteroatoms. The monoisotopic (exact) mass is 166 g/mol. The zero-order chi connectivity index (χ0) is 8.20. The smallest absolute Gasteiger partial charge is 0.429 e. The normalized spacial score (nSPS) is 10.8. The second-order valence-electron chi connectivity index (χ2n) is 2.72. The van der Waals surface area contributed by atoms with Crippen LogP contribution >= 0.6 is 11.6 Å². The number of carbonyl (C=O) groups excluding carboxylic acids is 1. The summed E-state index contributed by atoms with van der Waals surface area (Å²) in [6.07, 6.45) is -0.734. The number of carbonyl (C=O) groups is 1. The minimum atomic E-state index is -0.734. The van der Waals surface area contributed by atoms with Crippen LogP contribution in [0, 0.1) is 0 Å². The first-order valence-corrected chi connectivity index (χ1v) is 3.41. The van der Waals surface area contributed by atoms with Crippen LogP contribution < -0.4 is 0 Å². The van der Waals surface area contributed by atoms with E-state index in [2.05, 4.69) is 4.74 Å². The highest BCUT2D eigenvalue weighted by atomic mass is 35.5. The van der Waals surface area contributed by atoms with E-state index in [1.807, 2.05) is 0 Å². The average molecular weight is 167 g/mol. The van der Waals surface area contributed by atoms with Gasteiger partial charge in [0.15, 0.2) is 6.07 Å². The van der Waals surface area contributed by atoms with E-state index in [-0.39, 0.29) is 6.07 Å². The number of alkyl halides is 1. The minimum Gasteiger partial charge on any atom is -0.429 e. The van der Waals surface area contributed by atoms with Gasteiger partial charge in [0.1, 0.15) is 5.60 Å². The van der Waals surface area contributed by atoms with Crippen molar-refractivity contribution in [3.8, 4) is 0 Å². The van der Waals surface area contributed by atoms with Crippen LogP contribution in [0.15, 0.2) is 0 Å². The Morgan fingerprint density at radius 2 is 2.00 bits per heavy atom. The summed E-state index contributed by atoms with van der Waals surface area (Å²) >= 11 is 5.10. The standard InChI is InChI=1S/C6H11ClO3/c1-6(2,3)10-5(8)9-4-7/h4H2,1-3H3. The molecule has 0 aliphatic rings. The first-order chi connectivity index (χ1) is 4.45. The van der Waals surface area contributed by atoms with E-state index in [0.717, 1.165) is 0 Å². The van der Waals surface area contributed by atoms with Gasteiger partial charge in [-0.2, -0.15) is 0 Å². The molecule has 0 spiro atoms. The van der Waals surface area contributed by atoms with E-state index in [9.17, 15) is 4.79 Å². The summed E-state index contributed by atoms with van der Waals surface area (Å²) in [5.74, 6) is 0. The Hall–Kier alpha value is -0.440. The molecule has 0 N–H and O–H groups in total. The van der Waals surface area contributed by atoms with Crippen LogP contribution in [0.25, 0.3) is 0 Å². The van der Waals surface area contributed by atoms with Crippen LogP contribution in [-0.4, -0.2) is 17.8 Å². The van der Waals surface area contributed by atoms with Crippen molar-refractivity contribution in [2.45, 2.75) is 26.4 Å². The molecule has 0 amide bonds. The van der Waals surface area contributed by atoms with Crippen molar-refractivity contribution in [2.75, 3.05) is 6.07 Å². The fourth-order valence-corrected chi connectivity index (χ4v) is 0.413. The number of rotatable bonds is 1. The summed E-state index contributed by atoms with van der Waals surface area (Å²) in [5.41, 5.74) is -0.511. The van der Waals surface area contributed by atoms with Crippen molar-refractivity contribution in [2.24, 2.45) is 0 Å². The van der Waals surface area contributed by atoms with Crippen molar-refractivity contribution >= 4 is 17.8 Å². The van der Waals surface area contributed by atoms with Crippen LogP contribution in [0.4, 0.5) is 4.79 Å². The van der Waals surface area contributed by atoms with Crippen molar-refractivity contribution < 1.29 is 14.3 Å². The average Bonchev–Trinajstić information content (AvgIpc) is 1.59. The molecule has 0 bridgehead atoms. The van der Waals surface area contributed by atoms with E-state index in [1.165, 1.54) is 0 Å². The van der Waals surface area contributed by atoms with Crippen molar-refractivity contribution in [3.63, 3.8) is 0 Å². The highest BCUT2D eigenvalue weighted by molar-refractivity contribution is 6.17. The highest BCUT2D eigenvalue weighted by Gasteiger charge is 2.16. The highest BCUT2D eigenvalue weighted by Crippen LogP contribution is 2.07. The van der Waals surface area contributed by atoms with Crippen LogP contribution in [0.3, 0.4) is 0 Å². The van der Waals surface area contributed by atoms with Crippen LogP contribution in [-0.2, 0) is 9.47 Å². The summed E-state index contributed by atoms with van der Waals surface area (Å²) in [6, 6.07) is -0.172. The first-order valence-electron chi connectivity index (χ1n) is 2.87. The van der Waals surface area contributed by atoms with Crippen LogP contribution in [0.5, 0.6) is 0 Å². The first kappa shape index (κ1) is 9.56. The molecule has 0 unspecified atom stereocenters. The molecule has 0 atom stereocenters. The van der Waals surface area contributed by atoms with Gasteiger partial charge < -0.3 is 9.47 Å². The minimum absolute atomic E-state index is 0.172. The number of hydrogen-bond donors (Lipinski definition) is 0. The van der Waals surface area contributed by atoms with E-state index >= 15 is 0 Å². The van der Waals surface area contributed by atoms with Gasteiger partial charge in [0, 0.05) is 0 Å². The lowest BCUT2D eigenvalue weighted by Gasteiger charge is -2.17. The van der Waals surface area contributed by atoms with E-state index in [0.29, 0.717) is 0 Å². The molecule has 0 aliphatic carbocycles. The molecule has 10 heavy (non-hydrogen) atoms. The third-order valence-electron chi connectivity index (χ3n) is 0.562. The summed E-state index contributed by atoms with van der Waals surface area (Å²) in [6.45, 7) is 5.26. The Morgan fingerprint density at radius 1 is 1.50 bits per heavy atom. The van der Waals surface area contributed by atoms with Crippen LogP contribution in [0.1, 0.15) is 20.8 Å². The molecule has 3 nitrogen and oxygen atoms in total. The molecule has 0 heterocycles. The molecule has 60 valence electrons. The van der Waals surface area contributed by atoms with Gasteiger partial charge >= 0.3 is 6.16 Å². The largest absolute Gasteiger partial charge is 0.510 e. The van der Waals surface area contributed by atoms with Crippen LogP contribution in [0.2, 0.25) is 0 Å². The Labute approximate surface area is 65.3 Å². The Morgan fingerprint density at radius 3 is 2.30 bits per heavy atom. The van der Waals surface area contributed by atoms with Crippen molar-refractivity contribution in [3.05, 3.63) is 0 Å². The summed E-state index contributed by atoms with van der Waals surface area (Å²) in [4.78, 5) is 10.5. The summed E-state index contributed by atoms with van der Waals surface area (Å²) < 4.78 is 9.05. The topological polar surface area (TPSA) is 35.5 Å². The Balaban J connectivity index is 3.58.